The van der Waals surface area contributed by atoms with Gasteiger partial charge in [-0.1, -0.05) is 35.3 Å². The summed E-state index contributed by atoms with van der Waals surface area (Å²) in [4.78, 5) is 46.0. The molecule has 1 atom stereocenters. The van der Waals surface area contributed by atoms with E-state index in [1.807, 2.05) is 17.0 Å². The molecular formula is C32H34Cl2N4O4. The molecule has 220 valence electrons. The van der Waals surface area contributed by atoms with E-state index >= 15 is 0 Å². The molecule has 3 amide bonds. The summed E-state index contributed by atoms with van der Waals surface area (Å²) >= 11 is 12.6. The van der Waals surface area contributed by atoms with E-state index in [4.69, 9.17) is 27.9 Å². The molecule has 0 bridgehead atoms. The van der Waals surface area contributed by atoms with Gasteiger partial charge in [-0.15, -0.1) is 0 Å². The molecule has 3 aromatic carbocycles. The van der Waals surface area contributed by atoms with Crippen LogP contribution in [0.3, 0.4) is 0 Å². The highest BCUT2D eigenvalue weighted by molar-refractivity contribution is 6.34. The van der Waals surface area contributed by atoms with Gasteiger partial charge in [-0.05, 0) is 73.8 Å². The lowest BCUT2D eigenvalue weighted by Gasteiger charge is -2.33. The van der Waals surface area contributed by atoms with Crippen LogP contribution in [0.1, 0.15) is 51.5 Å². The molecule has 3 aromatic rings. The number of nitrogens with zero attached hydrogens (tertiary/aromatic N) is 3. The summed E-state index contributed by atoms with van der Waals surface area (Å²) in [5.74, 6) is -0.177. The predicted molar refractivity (Wildman–Crippen MR) is 166 cm³/mol. The van der Waals surface area contributed by atoms with Gasteiger partial charge in [0.1, 0.15) is 5.75 Å². The lowest BCUT2D eigenvalue weighted by Crippen LogP contribution is -2.47. The van der Waals surface area contributed by atoms with Gasteiger partial charge in [-0.2, -0.15) is 0 Å². The van der Waals surface area contributed by atoms with Crippen molar-refractivity contribution in [2.75, 3.05) is 57.1 Å². The monoisotopic (exact) mass is 608 g/mol. The average molecular weight is 610 g/mol. The number of fused-ring (bicyclic) bond motifs is 1. The van der Waals surface area contributed by atoms with Crippen LogP contribution in [0.5, 0.6) is 5.75 Å². The minimum Gasteiger partial charge on any atom is -0.496 e. The minimum absolute atomic E-state index is 0.0482. The molecule has 5 rings (SSSR count). The van der Waals surface area contributed by atoms with E-state index in [9.17, 15) is 14.4 Å². The van der Waals surface area contributed by atoms with E-state index in [1.54, 1.807) is 53.4 Å². The highest BCUT2D eigenvalue weighted by Gasteiger charge is 2.31. The lowest BCUT2D eigenvalue weighted by molar-refractivity contribution is -0.133. The number of likely N-dealkylation sites (N-methyl/N-ethyl adjacent to an activating group) is 1. The summed E-state index contributed by atoms with van der Waals surface area (Å²) < 4.78 is 5.60. The Hall–Kier alpha value is -3.59. The van der Waals surface area contributed by atoms with Crippen LogP contribution in [0.25, 0.3) is 0 Å². The van der Waals surface area contributed by atoms with E-state index in [1.165, 1.54) is 7.11 Å². The molecule has 42 heavy (non-hydrogen) atoms. The smallest absolute Gasteiger partial charge is 0.262 e. The van der Waals surface area contributed by atoms with Crippen molar-refractivity contribution in [1.82, 2.24) is 9.80 Å². The number of methoxy groups -OCH3 is 1. The third-order valence-corrected chi connectivity index (χ3v) is 8.55. The lowest BCUT2D eigenvalue weighted by atomic mass is 9.90. The van der Waals surface area contributed by atoms with Crippen molar-refractivity contribution in [3.8, 4) is 5.75 Å². The average Bonchev–Trinajstić information content (AvgIpc) is 3.16. The first-order valence-electron chi connectivity index (χ1n) is 14.1. The SMILES string of the molecule is COc1cc(NC(=O)c2ccccc2Cl)ccc1C(=O)N1CCCC(CC(=O)N2CCN(C)CC2)c2cc(Cl)ccc21. The molecule has 1 fully saturated rings. The number of hydrogen-bond acceptors (Lipinski definition) is 5. The maximum absolute atomic E-state index is 14.0. The van der Waals surface area contributed by atoms with Gasteiger partial charge in [0.2, 0.25) is 5.91 Å². The third kappa shape index (κ3) is 6.56. The molecule has 10 heteroatoms. The number of nitrogens with one attached hydrogen (secondary N) is 1. The van der Waals surface area contributed by atoms with E-state index in [-0.39, 0.29) is 23.6 Å². The molecular weight excluding hydrogens is 575 g/mol. The number of anilines is 2. The molecule has 1 N–H and O–H groups in total. The van der Waals surface area contributed by atoms with Gasteiger partial charge in [-0.25, -0.2) is 0 Å². The highest BCUT2D eigenvalue weighted by Crippen LogP contribution is 2.40. The number of benzene rings is 3. The fourth-order valence-corrected chi connectivity index (χ4v) is 6.03. The van der Waals surface area contributed by atoms with Gasteiger partial charge < -0.3 is 24.8 Å². The molecule has 0 aliphatic carbocycles. The Bertz CT molecular complexity index is 1490. The molecule has 0 aromatic heterocycles. The predicted octanol–water partition coefficient (Wildman–Crippen LogP) is 5.94. The number of piperazine rings is 1. The van der Waals surface area contributed by atoms with E-state index in [2.05, 4.69) is 17.3 Å². The van der Waals surface area contributed by atoms with Crippen molar-refractivity contribution in [2.45, 2.75) is 25.2 Å². The molecule has 1 unspecified atom stereocenters. The van der Waals surface area contributed by atoms with Crippen LogP contribution in [0, 0.1) is 0 Å². The summed E-state index contributed by atoms with van der Waals surface area (Å²) in [6, 6.07) is 17.2. The van der Waals surface area contributed by atoms with Crippen molar-refractivity contribution < 1.29 is 19.1 Å². The Morgan fingerprint density at radius 3 is 2.43 bits per heavy atom. The Labute approximate surface area is 256 Å². The number of carbonyl (C=O) groups is 3. The van der Waals surface area contributed by atoms with Crippen LogP contribution in [0.4, 0.5) is 11.4 Å². The van der Waals surface area contributed by atoms with E-state index < -0.39 is 0 Å². The molecule has 0 radical (unpaired) electrons. The second-order valence-corrected chi connectivity index (χ2v) is 11.6. The van der Waals surface area contributed by atoms with Gasteiger partial charge in [0.15, 0.2) is 0 Å². The van der Waals surface area contributed by atoms with Crippen molar-refractivity contribution in [2.24, 2.45) is 0 Å². The van der Waals surface area contributed by atoms with Crippen LogP contribution in [0.2, 0.25) is 10.0 Å². The van der Waals surface area contributed by atoms with Crippen molar-refractivity contribution in [3.05, 3.63) is 87.4 Å². The van der Waals surface area contributed by atoms with Crippen molar-refractivity contribution in [3.63, 3.8) is 0 Å². The topological polar surface area (TPSA) is 82.2 Å². The quantitative estimate of drug-likeness (QED) is 0.374. The maximum atomic E-state index is 14.0. The number of carbonyl (C=O) groups excluding carboxylic acids is 3. The van der Waals surface area contributed by atoms with Gasteiger partial charge in [0.05, 0.1) is 23.3 Å². The highest BCUT2D eigenvalue weighted by atomic mass is 35.5. The summed E-state index contributed by atoms with van der Waals surface area (Å²) in [5, 5.41) is 3.73. The first-order valence-corrected chi connectivity index (χ1v) is 14.8. The fraction of sp³-hybridized carbons (Fsp3) is 0.344. The van der Waals surface area contributed by atoms with Crippen LogP contribution in [-0.2, 0) is 4.79 Å². The Kier molecular flexibility index (Phi) is 9.36. The normalized spacial score (nSPS) is 17.3. The minimum atomic E-state index is -0.364. The molecule has 2 heterocycles. The van der Waals surface area contributed by atoms with Gasteiger partial charge in [0, 0.05) is 61.6 Å². The zero-order chi connectivity index (χ0) is 29.8. The molecule has 1 saturated heterocycles. The largest absolute Gasteiger partial charge is 0.496 e. The summed E-state index contributed by atoms with van der Waals surface area (Å²) in [7, 11) is 3.55. The summed E-state index contributed by atoms with van der Waals surface area (Å²) in [6.07, 6.45) is 1.87. The molecule has 2 aliphatic rings. The second kappa shape index (κ2) is 13.2. The van der Waals surface area contributed by atoms with Crippen molar-refractivity contribution in [1.29, 1.82) is 0 Å². The molecule has 0 spiro atoms. The zero-order valence-electron chi connectivity index (χ0n) is 23.7. The van der Waals surface area contributed by atoms with Gasteiger partial charge in [-0.3, -0.25) is 14.4 Å². The van der Waals surface area contributed by atoms with Crippen molar-refractivity contribution >= 4 is 52.3 Å². The molecule has 2 aliphatic heterocycles. The number of ether oxygens (including phenoxy) is 1. The number of rotatable bonds is 6. The number of halogens is 2. The Balaban J connectivity index is 1.38. The van der Waals surface area contributed by atoms with E-state index in [0.717, 1.165) is 50.3 Å². The Morgan fingerprint density at radius 2 is 1.69 bits per heavy atom. The number of amides is 3. The summed E-state index contributed by atoms with van der Waals surface area (Å²) in [5.41, 5.74) is 2.83. The number of hydrogen-bond donors (Lipinski definition) is 1. The molecule has 0 saturated carbocycles. The zero-order valence-corrected chi connectivity index (χ0v) is 25.3. The first-order chi connectivity index (χ1) is 20.2. The van der Waals surface area contributed by atoms with Crippen LogP contribution >= 0.6 is 23.2 Å². The maximum Gasteiger partial charge on any atom is 0.262 e. The fourth-order valence-electron chi connectivity index (χ4n) is 5.62. The van der Waals surface area contributed by atoms with Crippen LogP contribution in [-0.4, -0.2) is 74.4 Å². The Morgan fingerprint density at radius 1 is 0.929 bits per heavy atom. The first kappa shape index (κ1) is 29.9. The van der Waals surface area contributed by atoms with Gasteiger partial charge >= 0.3 is 0 Å². The second-order valence-electron chi connectivity index (χ2n) is 10.7. The third-order valence-electron chi connectivity index (χ3n) is 7.98. The van der Waals surface area contributed by atoms with Gasteiger partial charge in [0.25, 0.3) is 11.8 Å². The standard InChI is InChI=1S/C32H34Cl2N4O4/c1-36-14-16-37(17-15-36)30(39)18-21-6-5-13-38(28-12-9-22(33)19-26(21)28)32(41)25-11-10-23(20-29(25)42-2)35-31(40)24-7-3-4-8-27(24)34/h3-4,7-12,19-21H,5-6,13-18H2,1-2H3,(H,35,40). The van der Waals surface area contributed by atoms with Crippen LogP contribution in [0.15, 0.2) is 60.7 Å². The van der Waals surface area contributed by atoms with E-state index in [0.29, 0.717) is 45.6 Å². The summed E-state index contributed by atoms with van der Waals surface area (Å²) in [6.45, 7) is 3.67. The van der Waals surface area contributed by atoms with Crippen LogP contribution < -0.4 is 15.0 Å². The molecule has 8 nitrogen and oxygen atoms in total.